The van der Waals surface area contributed by atoms with Crippen molar-refractivity contribution < 1.29 is 8.78 Å². The third-order valence-corrected chi connectivity index (χ3v) is 4.01. The van der Waals surface area contributed by atoms with Crippen LogP contribution in [0.15, 0.2) is 41.4 Å². The molecule has 0 N–H and O–H groups in total. The molecule has 4 rings (SSSR count). The fourth-order valence-electron chi connectivity index (χ4n) is 3.01. The molecule has 1 aromatic heterocycles. The molecule has 0 spiro atoms. The topological polar surface area (TPSA) is 51.0 Å². The Morgan fingerprint density at radius 3 is 2.71 bits per heavy atom. The molecule has 0 saturated heterocycles. The molecule has 24 heavy (non-hydrogen) atoms. The Balaban J connectivity index is 1.93. The highest BCUT2D eigenvalue weighted by atomic mass is 19.1. The highest BCUT2D eigenvalue weighted by Gasteiger charge is 2.29. The second kappa shape index (κ2) is 5.12. The molecule has 0 radical (unpaired) electrons. The Kier molecular flexibility index (Phi) is 3.16. The Labute approximate surface area is 137 Å². The molecule has 3 aromatic rings. The molecule has 0 fully saturated rings. The van der Waals surface area contributed by atoms with Crippen molar-refractivity contribution >= 4 is 16.7 Å². The maximum Gasteiger partial charge on any atom is 0.201 e. The minimum atomic E-state index is -0.465. The SMILES string of the molecule is CC1(C)Cc2cc(F)ccc2C(c2nnc3c(F)cccc3n2)=N1. The number of fused-ring (bicyclic) bond motifs is 2. The van der Waals surface area contributed by atoms with Crippen molar-refractivity contribution in [3.63, 3.8) is 0 Å². The van der Waals surface area contributed by atoms with Crippen molar-refractivity contribution in [3.8, 4) is 0 Å². The summed E-state index contributed by atoms with van der Waals surface area (Å²) in [6, 6.07) is 9.15. The van der Waals surface area contributed by atoms with Gasteiger partial charge in [-0.25, -0.2) is 13.8 Å². The van der Waals surface area contributed by atoms with Crippen molar-refractivity contribution in [2.24, 2.45) is 4.99 Å². The van der Waals surface area contributed by atoms with E-state index in [0.29, 0.717) is 23.5 Å². The van der Waals surface area contributed by atoms with E-state index < -0.39 is 11.4 Å². The maximum atomic E-state index is 13.8. The summed E-state index contributed by atoms with van der Waals surface area (Å²) >= 11 is 0. The van der Waals surface area contributed by atoms with E-state index in [1.54, 1.807) is 18.2 Å². The summed E-state index contributed by atoms with van der Waals surface area (Å²) in [4.78, 5) is 9.13. The molecular weight excluding hydrogens is 310 g/mol. The van der Waals surface area contributed by atoms with Crippen molar-refractivity contribution in [1.82, 2.24) is 15.2 Å². The number of hydrogen-bond acceptors (Lipinski definition) is 4. The van der Waals surface area contributed by atoms with Gasteiger partial charge in [-0.05, 0) is 56.2 Å². The van der Waals surface area contributed by atoms with Crippen LogP contribution in [0.1, 0.15) is 30.8 Å². The lowest BCUT2D eigenvalue weighted by Crippen LogP contribution is -2.30. The predicted molar refractivity (Wildman–Crippen MR) is 87.1 cm³/mol. The fourth-order valence-corrected chi connectivity index (χ4v) is 3.01. The Bertz CT molecular complexity index is 995. The van der Waals surface area contributed by atoms with E-state index in [2.05, 4.69) is 15.2 Å². The summed E-state index contributed by atoms with van der Waals surface area (Å²) in [6.45, 7) is 3.93. The third kappa shape index (κ3) is 2.44. The predicted octanol–water partition coefficient (Wildman–Crippen LogP) is 3.48. The van der Waals surface area contributed by atoms with E-state index in [1.807, 2.05) is 13.8 Å². The highest BCUT2D eigenvalue weighted by Crippen LogP contribution is 2.29. The van der Waals surface area contributed by atoms with Gasteiger partial charge in [0.05, 0.1) is 11.1 Å². The van der Waals surface area contributed by atoms with Crippen LogP contribution in [0.2, 0.25) is 0 Å². The number of halogens is 2. The molecule has 0 saturated carbocycles. The second-order valence-corrected chi connectivity index (χ2v) is 6.49. The van der Waals surface area contributed by atoms with E-state index in [4.69, 9.17) is 4.99 Å². The quantitative estimate of drug-likeness (QED) is 0.688. The Morgan fingerprint density at radius 1 is 1.04 bits per heavy atom. The normalized spacial score (nSPS) is 15.9. The molecule has 6 heteroatoms. The number of aliphatic imine (C=N–C) groups is 1. The molecule has 0 unspecified atom stereocenters. The van der Waals surface area contributed by atoms with E-state index in [-0.39, 0.29) is 11.3 Å². The first-order valence-corrected chi connectivity index (χ1v) is 7.61. The largest absolute Gasteiger partial charge is 0.274 e. The second-order valence-electron chi connectivity index (χ2n) is 6.49. The average molecular weight is 324 g/mol. The summed E-state index contributed by atoms with van der Waals surface area (Å²) in [6.07, 6.45) is 0.624. The van der Waals surface area contributed by atoms with E-state index >= 15 is 0 Å². The molecule has 2 heterocycles. The van der Waals surface area contributed by atoms with Crippen LogP contribution in [0.4, 0.5) is 8.78 Å². The van der Waals surface area contributed by atoms with Gasteiger partial charge in [-0.15, -0.1) is 10.2 Å². The van der Waals surface area contributed by atoms with Crippen LogP contribution in [0.25, 0.3) is 11.0 Å². The zero-order valence-electron chi connectivity index (χ0n) is 13.2. The summed E-state index contributed by atoms with van der Waals surface area (Å²) in [5, 5.41) is 8.00. The van der Waals surface area contributed by atoms with Crippen molar-refractivity contribution in [2.45, 2.75) is 25.8 Å². The lowest BCUT2D eigenvalue weighted by Gasteiger charge is -2.28. The van der Waals surface area contributed by atoms with E-state index in [0.717, 1.165) is 11.1 Å². The molecular formula is C18H14F2N4. The molecule has 0 amide bonds. The molecule has 0 atom stereocenters. The van der Waals surface area contributed by atoms with Crippen LogP contribution in [0.3, 0.4) is 0 Å². The van der Waals surface area contributed by atoms with Gasteiger partial charge in [0, 0.05) is 5.56 Å². The number of nitrogens with zero attached hydrogens (tertiary/aromatic N) is 4. The lowest BCUT2D eigenvalue weighted by molar-refractivity contribution is 0.510. The molecule has 0 aliphatic carbocycles. The van der Waals surface area contributed by atoms with Gasteiger partial charge >= 0.3 is 0 Å². The Morgan fingerprint density at radius 2 is 1.88 bits per heavy atom. The highest BCUT2D eigenvalue weighted by molar-refractivity contribution is 6.12. The molecule has 1 aliphatic heterocycles. The number of rotatable bonds is 1. The molecule has 0 bridgehead atoms. The van der Waals surface area contributed by atoms with Crippen molar-refractivity contribution in [3.05, 3.63) is 65.0 Å². The summed E-state index contributed by atoms with van der Waals surface area (Å²) in [5.74, 6) is -0.438. The minimum absolute atomic E-state index is 0.122. The van der Waals surface area contributed by atoms with Crippen molar-refractivity contribution in [1.29, 1.82) is 0 Å². The molecule has 4 nitrogen and oxygen atoms in total. The lowest BCUT2D eigenvalue weighted by atomic mass is 9.86. The number of aromatic nitrogens is 3. The van der Waals surface area contributed by atoms with Gasteiger partial charge in [-0.2, -0.15) is 0 Å². The molecule has 1 aliphatic rings. The van der Waals surface area contributed by atoms with E-state index in [9.17, 15) is 8.78 Å². The average Bonchev–Trinajstić information content (AvgIpc) is 2.52. The monoisotopic (exact) mass is 324 g/mol. The van der Waals surface area contributed by atoms with Gasteiger partial charge in [0.15, 0.2) is 5.82 Å². The Hall–Kier alpha value is -2.76. The van der Waals surface area contributed by atoms with Crippen LogP contribution in [-0.2, 0) is 6.42 Å². The van der Waals surface area contributed by atoms with Crippen molar-refractivity contribution in [2.75, 3.05) is 0 Å². The van der Waals surface area contributed by atoms with E-state index in [1.165, 1.54) is 18.2 Å². The summed E-state index contributed by atoms with van der Waals surface area (Å²) < 4.78 is 27.4. The van der Waals surface area contributed by atoms with Gasteiger partial charge in [-0.1, -0.05) is 6.07 Å². The maximum absolute atomic E-state index is 13.8. The molecule has 2 aromatic carbocycles. The summed E-state index contributed by atoms with van der Waals surface area (Å²) in [7, 11) is 0. The van der Waals surface area contributed by atoms with Gasteiger partial charge in [0.1, 0.15) is 17.0 Å². The first-order valence-electron chi connectivity index (χ1n) is 7.61. The number of benzene rings is 2. The number of hydrogen-bond donors (Lipinski definition) is 0. The van der Waals surface area contributed by atoms with Gasteiger partial charge in [-0.3, -0.25) is 4.99 Å². The third-order valence-electron chi connectivity index (χ3n) is 4.01. The fraction of sp³-hybridized carbons (Fsp3) is 0.222. The van der Waals surface area contributed by atoms with Gasteiger partial charge in [0.2, 0.25) is 5.82 Å². The zero-order valence-corrected chi connectivity index (χ0v) is 13.2. The van der Waals surface area contributed by atoms with Crippen LogP contribution in [0, 0.1) is 11.6 Å². The zero-order chi connectivity index (χ0) is 16.9. The van der Waals surface area contributed by atoms with Gasteiger partial charge < -0.3 is 0 Å². The van der Waals surface area contributed by atoms with Crippen LogP contribution >= 0.6 is 0 Å². The first-order chi connectivity index (χ1) is 11.4. The molecule has 120 valence electrons. The smallest absolute Gasteiger partial charge is 0.201 e. The minimum Gasteiger partial charge on any atom is -0.274 e. The van der Waals surface area contributed by atoms with Gasteiger partial charge in [0.25, 0.3) is 0 Å². The first kappa shape index (κ1) is 14.8. The van der Waals surface area contributed by atoms with Crippen LogP contribution in [-0.4, -0.2) is 26.4 Å². The standard InChI is InChI=1S/C18H14F2N4/c1-18(2)9-10-8-11(19)6-7-12(10)15(22-18)17-21-14-5-3-4-13(20)16(14)23-24-17/h3-8H,9H2,1-2H3. The summed E-state index contributed by atoms with van der Waals surface area (Å²) in [5.41, 5.74) is 2.32. The van der Waals surface area contributed by atoms with Crippen LogP contribution in [0.5, 0.6) is 0 Å². The van der Waals surface area contributed by atoms with Crippen LogP contribution < -0.4 is 0 Å².